The largest absolute Gasteiger partial charge is 0.480 e. The Morgan fingerprint density at radius 3 is 2.75 bits per heavy atom. The number of methoxy groups -OCH3 is 1. The fourth-order valence-electron chi connectivity index (χ4n) is 2.26. The van der Waals surface area contributed by atoms with Crippen molar-refractivity contribution >= 4 is 33.4 Å². The summed E-state index contributed by atoms with van der Waals surface area (Å²) in [7, 11) is 1.36. The average Bonchev–Trinajstić information content (AvgIpc) is 2.79. The number of nitrogens with one attached hydrogen (secondary N) is 2. The number of carbonyl (C=O) groups is 2. The predicted octanol–water partition coefficient (Wildman–Crippen LogP) is 0.750. The number of carboxylic acid groups (broad SMARTS) is 1. The van der Waals surface area contributed by atoms with E-state index in [0.717, 1.165) is 10.4 Å². The van der Waals surface area contributed by atoms with Crippen molar-refractivity contribution in [1.82, 2.24) is 15.3 Å². The number of thiophene rings is 1. The van der Waals surface area contributed by atoms with Gasteiger partial charge in [-0.05, 0) is 19.4 Å². The molecule has 0 bridgehead atoms. The third kappa shape index (κ3) is 3.98. The monoisotopic (exact) mass is 353 g/mol. The van der Waals surface area contributed by atoms with E-state index in [2.05, 4.69) is 15.3 Å². The first-order valence-electron chi connectivity index (χ1n) is 7.33. The highest BCUT2D eigenvalue weighted by Crippen LogP contribution is 2.25. The van der Waals surface area contributed by atoms with Crippen LogP contribution in [0.5, 0.6) is 0 Å². The fourth-order valence-corrected chi connectivity index (χ4v) is 3.31. The quantitative estimate of drug-likeness (QED) is 0.675. The highest BCUT2D eigenvalue weighted by molar-refractivity contribution is 7.18. The van der Waals surface area contributed by atoms with Crippen molar-refractivity contribution < 1.29 is 19.4 Å². The van der Waals surface area contributed by atoms with Gasteiger partial charge in [0.15, 0.2) is 6.04 Å². The average molecular weight is 353 g/mol. The molecular formula is C15H19N3O5S. The molecule has 1 amide bonds. The Labute approximate surface area is 141 Å². The number of H-pyrrole nitrogens is 1. The maximum Gasteiger partial charge on any atom is 0.328 e. The van der Waals surface area contributed by atoms with Crippen LogP contribution in [-0.4, -0.2) is 46.7 Å². The van der Waals surface area contributed by atoms with Crippen LogP contribution >= 0.6 is 11.3 Å². The third-order valence-corrected chi connectivity index (χ3v) is 4.74. The van der Waals surface area contributed by atoms with Crippen molar-refractivity contribution in [1.29, 1.82) is 0 Å². The van der Waals surface area contributed by atoms with Gasteiger partial charge in [-0.2, -0.15) is 0 Å². The Balaban J connectivity index is 2.06. The van der Waals surface area contributed by atoms with Gasteiger partial charge in [0.1, 0.15) is 10.7 Å². The summed E-state index contributed by atoms with van der Waals surface area (Å²) < 4.78 is 4.75. The molecule has 2 aromatic heterocycles. The lowest BCUT2D eigenvalue weighted by Crippen LogP contribution is -2.43. The van der Waals surface area contributed by atoms with Crippen LogP contribution in [0.2, 0.25) is 0 Å². The molecule has 0 spiro atoms. The molecule has 0 radical (unpaired) electrons. The van der Waals surface area contributed by atoms with Crippen LogP contribution in [0.3, 0.4) is 0 Å². The molecule has 24 heavy (non-hydrogen) atoms. The van der Waals surface area contributed by atoms with Gasteiger partial charge in [-0.1, -0.05) is 0 Å². The van der Waals surface area contributed by atoms with Crippen LogP contribution in [0.1, 0.15) is 22.7 Å². The summed E-state index contributed by atoms with van der Waals surface area (Å²) in [5.74, 6) is -1.20. The standard InChI is InChI=1S/C15H19N3O5S/c1-7-8(2)24-14-12(7)13(20)17-10(18-14)4-5-11(19)16-9(6-23-3)15(21)22/h9H,4-6H2,1-3H3,(H,16,19)(H,21,22)(H,17,18,20). The zero-order chi connectivity index (χ0) is 17.9. The topological polar surface area (TPSA) is 121 Å². The van der Waals surface area contributed by atoms with E-state index in [9.17, 15) is 14.4 Å². The highest BCUT2D eigenvalue weighted by Gasteiger charge is 2.20. The van der Waals surface area contributed by atoms with Crippen LogP contribution in [0, 0.1) is 13.8 Å². The Kier molecular flexibility index (Phi) is 5.68. The highest BCUT2D eigenvalue weighted by atomic mass is 32.1. The number of aryl methyl sites for hydroxylation is 3. The van der Waals surface area contributed by atoms with E-state index in [1.807, 2.05) is 13.8 Å². The van der Waals surface area contributed by atoms with Gasteiger partial charge in [0, 0.05) is 24.8 Å². The minimum absolute atomic E-state index is 0.0191. The van der Waals surface area contributed by atoms with Gasteiger partial charge < -0.3 is 20.1 Å². The molecule has 0 fully saturated rings. The first-order chi connectivity index (χ1) is 11.3. The van der Waals surface area contributed by atoms with Crippen molar-refractivity contribution in [2.45, 2.75) is 32.7 Å². The number of rotatable bonds is 7. The number of amides is 1. The van der Waals surface area contributed by atoms with E-state index in [0.29, 0.717) is 16.0 Å². The van der Waals surface area contributed by atoms with Crippen molar-refractivity contribution in [3.05, 3.63) is 26.6 Å². The summed E-state index contributed by atoms with van der Waals surface area (Å²) in [5, 5.41) is 11.9. The Bertz CT molecular complexity index is 826. The minimum Gasteiger partial charge on any atom is -0.480 e. The minimum atomic E-state index is -1.16. The second-order valence-corrected chi connectivity index (χ2v) is 6.59. The van der Waals surface area contributed by atoms with E-state index < -0.39 is 17.9 Å². The number of carboxylic acids is 1. The Morgan fingerprint density at radius 2 is 2.12 bits per heavy atom. The molecule has 0 aliphatic rings. The van der Waals surface area contributed by atoms with Crippen LogP contribution in [-0.2, 0) is 20.7 Å². The van der Waals surface area contributed by atoms with E-state index in [4.69, 9.17) is 9.84 Å². The van der Waals surface area contributed by atoms with Gasteiger partial charge in [0.25, 0.3) is 5.56 Å². The molecule has 0 aliphatic carbocycles. The maximum absolute atomic E-state index is 12.1. The third-order valence-electron chi connectivity index (χ3n) is 3.64. The number of nitrogens with zero attached hydrogens (tertiary/aromatic N) is 1. The second-order valence-electron chi connectivity index (χ2n) is 5.39. The van der Waals surface area contributed by atoms with E-state index in [-0.39, 0.29) is 25.0 Å². The lowest BCUT2D eigenvalue weighted by atomic mass is 10.2. The fraction of sp³-hybridized carbons (Fsp3) is 0.467. The maximum atomic E-state index is 12.1. The Hall–Kier alpha value is -2.26. The Morgan fingerprint density at radius 1 is 1.42 bits per heavy atom. The molecule has 0 aliphatic heterocycles. The number of carbonyl (C=O) groups excluding carboxylic acids is 1. The molecule has 8 nitrogen and oxygen atoms in total. The van der Waals surface area contributed by atoms with Gasteiger partial charge in [-0.3, -0.25) is 9.59 Å². The molecule has 0 saturated carbocycles. The predicted molar refractivity (Wildman–Crippen MR) is 89.5 cm³/mol. The lowest BCUT2D eigenvalue weighted by molar-refractivity contribution is -0.143. The number of aromatic nitrogens is 2. The van der Waals surface area contributed by atoms with Crippen LogP contribution < -0.4 is 10.9 Å². The van der Waals surface area contributed by atoms with E-state index in [1.54, 1.807) is 0 Å². The first-order valence-corrected chi connectivity index (χ1v) is 8.15. The summed E-state index contributed by atoms with van der Waals surface area (Å²) in [6.45, 7) is 3.69. The molecule has 3 N–H and O–H groups in total. The number of aliphatic carboxylic acids is 1. The lowest BCUT2D eigenvalue weighted by Gasteiger charge is -2.13. The molecule has 0 saturated heterocycles. The summed E-state index contributed by atoms with van der Waals surface area (Å²) in [6, 6.07) is -1.10. The molecule has 2 heterocycles. The van der Waals surface area contributed by atoms with Gasteiger partial charge in [-0.25, -0.2) is 9.78 Å². The van der Waals surface area contributed by atoms with Crippen molar-refractivity contribution in [3.8, 4) is 0 Å². The second kappa shape index (κ2) is 7.54. The smallest absolute Gasteiger partial charge is 0.328 e. The van der Waals surface area contributed by atoms with E-state index >= 15 is 0 Å². The molecule has 2 aromatic rings. The summed E-state index contributed by atoms with van der Waals surface area (Å²) >= 11 is 1.44. The van der Waals surface area contributed by atoms with Gasteiger partial charge >= 0.3 is 5.97 Å². The number of hydrogen-bond acceptors (Lipinski definition) is 6. The van der Waals surface area contributed by atoms with Gasteiger partial charge in [0.2, 0.25) is 5.91 Å². The van der Waals surface area contributed by atoms with Crippen molar-refractivity contribution in [2.75, 3.05) is 13.7 Å². The molecular weight excluding hydrogens is 334 g/mol. The van der Waals surface area contributed by atoms with Gasteiger partial charge in [0.05, 0.1) is 12.0 Å². The summed E-state index contributed by atoms with van der Waals surface area (Å²) in [5.41, 5.74) is 0.692. The van der Waals surface area contributed by atoms with Crippen LogP contribution in [0.4, 0.5) is 0 Å². The summed E-state index contributed by atoms with van der Waals surface area (Å²) in [6.07, 6.45) is 0.234. The molecule has 1 unspecified atom stereocenters. The molecule has 9 heteroatoms. The summed E-state index contributed by atoms with van der Waals surface area (Å²) in [4.78, 5) is 43.7. The first kappa shape index (κ1) is 18.1. The SMILES string of the molecule is COCC(NC(=O)CCc1nc2sc(C)c(C)c2c(=O)[nH]1)C(=O)O. The normalized spacial score (nSPS) is 12.3. The molecule has 130 valence electrons. The van der Waals surface area contributed by atoms with Crippen LogP contribution in [0.25, 0.3) is 10.2 Å². The number of ether oxygens (including phenoxy) is 1. The number of aromatic amines is 1. The molecule has 0 aromatic carbocycles. The molecule has 1 atom stereocenters. The van der Waals surface area contributed by atoms with Crippen LogP contribution in [0.15, 0.2) is 4.79 Å². The van der Waals surface area contributed by atoms with Crippen molar-refractivity contribution in [2.24, 2.45) is 0 Å². The zero-order valence-electron chi connectivity index (χ0n) is 13.6. The number of hydrogen-bond donors (Lipinski definition) is 3. The zero-order valence-corrected chi connectivity index (χ0v) is 14.5. The van der Waals surface area contributed by atoms with E-state index in [1.165, 1.54) is 18.4 Å². The molecule has 2 rings (SSSR count). The number of fused-ring (bicyclic) bond motifs is 1. The van der Waals surface area contributed by atoms with Gasteiger partial charge in [-0.15, -0.1) is 11.3 Å². The van der Waals surface area contributed by atoms with Crippen molar-refractivity contribution in [3.63, 3.8) is 0 Å².